The molecule has 7 nitrogen and oxygen atoms in total. The molecule has 1 aromatic rings. The lowest BCUT2D eigenvalue weighted by atomic mass is 10.2. The van der Waals surface area contributed by atoms with E-state index in [4.69, 9.17) is 0 Å². The van der Waals surface area contributed by atoms with Crippen molar-refractivity contribution >= 4 is 23.2 Å². The summed E-state index contributed by atoms with van der Waals surface area (Å²) >= 11 is 0. The molecule has 21 heavy (non-hydrogen) atoms. The van der Waals surface area contributed by atoms with Gasteiger partial charge in [-0.05, 0) is 26.3 Å². The number of amides is 1. The van der Waals surface area contributed by atoms with Gasteiger partial charge in [0.15, 0.2) is 5.82 Å². The van der Waals surface area contributed by atoms with E-state index in [-0.39, 0.29) is 29.7 Å². The van der Waals surface area contributed by atoms with Crippen LogP contribution in [0.15, 0.2) is 12.1 Å². The van der Waals surface area contributed by atoms with Crippen molar-refractivity contribution in [2.24, 2.45) is 0 Å². The van der Waals surface area contributed by atoms with E-state index in [0.717, 1.165) is 12.5 Å². The summed E-state index contributed by atoms with van der Waals surface area (Å²) in [4.78, 5) is 21.6. The first kappa shape index (κ1) is 16.7. The lowest BCUT2D eigenvalue weighted by molar-refractivity contribution is -0.384. The van der Waals surface area contributed by atoms with E-state index < -0.39 is 16.8 Å². The molecule has 0 aliphatic heterocycles. The molecule has 0 saturated heterocycles. The second-order valence-corrected chi connectivity index (χ2v) is 4.41. The summed E-state index contributed by atoms with van der Waals surface area (Å²) < 4.78 is 18.5. The summed E-state index contributed by atoms with van der Waals surface area (Å²) in [5.74, 6) is -0.899. The molecule has 0 aromatic heterocycles. The zero-order valence-electron chi connectivity index (χ0n) is 12.1. The Morgan fingerprint density at radius 2 is 2.10 bits per heavy atom. The number of carbonyl (C=O) groups excluding carboxylic acids is 1. The number of nitrogens with zero attached hydrogens (tertiary/aromatic N) is 1. The van der Waals surface area contributed by atoms with Gasteiger partial charge in [0, 0.05) is 6.04 Å². The molecule has 0 spiro atoms. The van der Waals surface area contributed by atoms with Crippen LogP contribution in [0.5, 0.6) is 0 Å². The van der Waals surface area contributed by atoms with Gasteiger partial charge in [-0.15, -0.1) is 0 Å². The van der Waals surface area contributed by atoms with Crippen LogP contribution in [-0.2, 0) is 4.74 Å². The van der Waals surface area contributed by atoms with Crippen molar-refractivity contribution in [1.82, 2.24) is 0 Å². The van der Waals surface area contributed by atoms with Crippen LogP contribution < -0.4 is 10.6 Å². The largest absolute Gasteiger partial charge is 0.450 e. The molecule has 1 atom stereocenters. The quantitative estimate of drug-likeness (QED) is 0.619. The molecule has 0 bridgehead atoms. The highest BCUT2D eigenvalue weighted by molar-refractivity contribution is 5.86. The smallest absolute Gasteiger partial charge is 0.411 e. The van der Waals surface area contributed by atoms with Crippen LogP contribution in [-0.4, -0.2) is 23.7 Å². The molecule has 2 N–H and O–H groups in total. The lowest BCUT2D eigenvalue weighted by Crippen LogP contribution is -2.17. The van der Waals surface area contributed by atoms with Crippen LogP contribution in [0.2, 0.25) is 0 Å². The third kappa shape index (κ3) is 4.59. The van der Waals surface area contributed by atoms with E-state index >= 15 is 0 Å². The van der Waals surface area contributed by atoms with Gasteiger partial charge in [-0.3, -0.25) is 15.4 Å². The number of halogens is 1. The van der Waals surface area contributed by atoms with E-state index in [1.807, 2.05) is 13.8 Å². The first-order chi connectivity index (χ1) is 9.88. The van der Waals surface area contributed by atoms with Gasteiger partial charge < -0.3 is 10.1 Å². The number of benzene rings is 1. The van der Waals surface area contributed by atoms with Gasteiger partial charge in [0.2, 0.25) is 0 Å². The van der Waals surface area contributed by atoms with E-state index in [2.05, 4.69) is 15.4 Å². The van der Waals surface area contributed by atoms with Crippen molar-refractivity contribution in [1.29, 1.82) is 0 Å². The van der Waals surface area contributed by atoms with Crippen molar-refractivity contribution in [3.8, 4) is 0 Å². The Bertz CT molecular complexity index is 536. The fraction of sp³-hybridized carbons (Fsp3) is 0.462. The summed E-state index contributed by atoms with van der Waals surface area (Å²) in [6.45, 7) is 5.50. The molecule has 1 aromatic carbocycles. The number of nitro benzene ring substituents is 1. The Morgan fingerprint density at radius 3 is 2.62 bits per heavy atom. The van der Waals surface area contributed by atoms with Crippen LogP contribution in [0, 0.1) is 15.9 Å². The van der Waals surface area contributed by atoms with Gasteiger partial charge in [-0.25, -0.2) is 9.18 Å². The van der Waals surface area contributed by atoms with E-state index in [9.17, 15) is 19.3 Å². The first-order valence-corrected chi connectivity index (χ1v) is 6.57. The Balaban J connectivity index is 3.13. The molecule has 8 heteroatoms. The summed E-state index contributed by atoms with van der Waals surface area (Å²) in [5, 5.41) is 16.1. The highest BCUT2D eigenvalue weighted by Gasteiger charge is 2.20. The van der Waals surface area contributed by atoms with Crippen molar-refractivity contribution < 1.29 is 18.8 Å². The highest BCUT2D eigenvalue weighted by atomic mass is 19.1. The van der Waals surface area contributed by atoms with Crippen LogP contribution in [0.4, 0.5) is 26.2 Å². The molecule has 1 unspecified atom stereocenters. The standard InChI is InChI=1S/C13H18FN3O4/c1-4-8(3)15-11-7-10(16-13(18)21-5-2)9(14)6-12(11)17(19)20/h6-8,15H,4-5H2,1-3H3,(H,16,18). The van der Waals surface area contributed by atoms with Crippen molar-refractivity contribution in [3.63, 3.8) is 0 Å². The molecule has 0 fully saturated rings. The third-order valence-corrected chi connectivity index (χ3v) is 2.81. The number of carbonyl (C=O) groups is 1. The Hall–Kier alpha value is -2.38. The molecule has 116 valence electrons. The fourth-order valence-corrected chi connectivity index (χ4v) is 1.57. The maximum atomic E-state index is 13.8. The number of nitrogens with one attached hydrogen (secondary N) is 2. The summed E-state index contributed by atoms with van der Waals surface area (Å²) in [7, 11) is 0. The van der Waals surface area contributed by atoms with Gasteiger partial charge in [-0.2, -0.15) is 0 Å². The average molecular weight is 299 g/mol. The van der Waals surface area contributed by atoms with Gasteiger partial charge in [0.25, 0.3) is 5.69 Å². The van der Waals surface area contributed by atoms with E-state index in [0.29, 0.717) is 0 Å². The molecular formula is C13H18FN3O4. The fourth-order valence-electron chi connectivity index (χ4n) is 1.57. The van der Waals surface area contributed by atoms with Crippen molar-refractivity contribution in [3.05, 3.63) is 28.1 Å². The molecule has 0 radical (unpaired) electrons. The molecule has 0 saturated carbocycles. The Morgan fingerprint density at radius 1 is 1.43 bits per heavy atom. The van der Waals surface area contributed by atoms with Crippen LogP contribution in [0.25, 0.3) is 0 Å². The monoisotopic (exact) mass is 299 g/mol. The zero-order chi connectivity index (χ0) is 16.0. The zero-order valence-corrected chi connectivity index (χ0v) is 12.1. The second-order valence-electron chi connectivity index (χ2n) is 4.41. The molecule has 0 aliphatic rings. The second kappa shape index (κ2) is 7.41. The molecule has 0 heterocycles. The maximum Gasteiger partial charge on any atom is 0.411 e. The first-order valence-electron chi connectivity index (χ1n) is 6.57. The lowest BCUT2D eigenvalue weighted by Gasteiger charge is -2.15. The predicted octanol–water partition coefficient (Wildman–Crippen LogP) is 3.51. The molecular weight excluding hydrogens is 281 g/mol. The van der Waals surface area contributed by atoms with Crippen molar-refractivity contribution in [2.45, 2.75) is 33.2 Å². The van der Waals surface area contributed by atoms with Gasteiger partial charge in [-0.1, -0.05) is 6.92 Å². The third-order valence-electron chi connectivity index (χ3n) is 2.81. The van der Waals surface area contributed by atoms with Gasteiger partial charge in [0.05, 0.1) is 23.3 Å². The highest BCUT2D eigenvalue weighted by Crippen LogP contribution is 2.31. The number of hydrogen-bond donors (Lipinski definition) is 2. The van der Waals surface area contributed by atoms with E-state index in [1.165, 1.54) is 6.07 Å². The number of ether oxygens (including phenoxy) is 1. The Labute approximate surface area is 121 Å². The average Bonchev–Trinajstić information content (AvgIpc) is 2.41. The molecule has 0 aliphatic carbocycles. The predicted molar refractivity (Wildman–Crippen MR) is 77.1 cm³/mol. The topological polar surface area (TPSA) is 93.5 Å². The molecule has 1 amide bonds. The summed E-state index contributed by atoms with van der Waals surface area (Å²) in [6.07, 6.45) is -0.0884. The van der Waals surface area contributed by atoms with Crippen molar-refractivity contribution in [2.75, 3.05) is 17.2 Å². The minimum Gasteiger partial charge on any atom is -0.450 e. The minimum atomic E-state index is -0.899. The summed E-state index contributed by atoms with van der Waals surface area (Å²) in [5.41, 5.74) is -0.422. The van der Waals surface area contributed by atoms with Crippen LogP contribution >= 0.6 is 0 Å². The van der Waals surface area contributed by atoms with Crippen LogP contribution in [0.1, 0.15) is 27.2 Å². The normalized spacial score (nSPS) is 11.6. The van der Waals surface area contributed by atoms with E-state index in [1.54, 1.807) is 6.92 Å². The maximum absolute atomic E-state index is 13.8. The number of hydrogen-bond acceptors (Lipinski definition) is 5. The number of rotatable bonds is 6. The van der Waals surface area contributed by atoms with Crippen LogP contribution in [0.3, 0.4) is 0 Å². The number of anilines is 2. The number of nitro groups is 1. The minimum absolute atomic E-state index is 0.0374. The Kier molecular flexibility index (Phi) is 5.89. The van der Waals surface area contributed by atoms with Gasteiger partial charge in [0.1, 0.15) is 5.69 Å². The van der Waals surface area contributed by atoms with Gasteiger partial charge >= 0.3 is 6.09 Å². The molecule has 1 rings (SSSR count). The SMILES string of the molecule is CCOC(=O)Nc1cc(NC(C)CC)c([N+](=O)[O-])cc1F. The summed E-state index contributed by atoms with van der Waals surface area (Å²) in [6, 6.07) is 1.92.